The molecule has 0 radical (unpaired) electrons. The van der Waals surface area contributed by atoms with E-state index in [1.54, 1.807) is 13.0 Å². The highest BCUT2D eigenvalue weighted by atomic mass is 19.4. The molecular weight excluding hydrogens is 373 g/mol. The first-order chi connectivity index (χ1) is 12.9. The van der Waals surface area contributed by atoms with Gasteiger partial charge in [0, 0.05) is 36.8 Å². The summed E-state index contributed by atoms with van der Waals surface area (Å²) in [6, 6.07) is 1.72. The average molecular weight is 398 g/mol. The zero-order valence-electron chi connectivity index (χ0n) is 16.5. The summed E-state index contributed by atoms with van der Waals surface area (Å²) < 4.78 is 40.2. The fraction of sp³-hybridized carbons (Fsp3) is 0.667. The maximum Gasteiger partial charge on any atom is 0.453 e. The average Bonchev–Trinajstić information content (AvgIpc) is 3.02. The third kappa shape index (κ3) is 4.36. The van der Waals surface area contributed by atoms with Crippen molar-refractivity contribution in [3.05, 3.63) is 17.6 Å². The molecule has 1 unspecified atom stereocenters. The van der Waals surface area contributed by atoms with E-state index < -0.39 is 17.4 Å². The SMILES string of the molecule is Cc1cc(N2CCCC(CNC(=O)C(C)(C)C)C2)n2nc(C(F)(F)F)nc2n1. The largest absolute Gasteiger partial charge is 0.453 e. The van der Waals surface area contributed by atoms with E-state index in [1.165, 1.54) is 0 Å². The number of carbonyl (C=O) groups is 1. The van der Waals surface area contributed by atoms with Gasteiger partial charge in [-0.15, -0.1) is 5.10 Å². The highest BCUT2D eigenvalue weighted by Gasteiger charge is 2.37. The number of carbonyl (C=O) groups excluding carboxylic acids is 1. The quantitative estimate of drug-likeness (QED) is 0.861. The zero-order valence-corrected chi connectivity index (χ0v) is 16.5. The van der Waals surface area contributed by atoms with Gasteiger partial charge in [0.25, 0.3) is 11.6 Å². The number of anilines is 1. The third-order valence-corrected chi connectivity index (χ3v) is 4.75. The number of aryl methyl sites for hydroxylation is 1. The number of hydrogen-bond acceptors (Lipinski definition) is 5. The second-order valence-electron chi connectivity index (χ2n) is 8.31. The summed E-state index contributed by atoms with van der Waals surface area (Å²) in [5.41, 5.74) is 0.115. The summed E-state index contributed by atoms with van der Waals surface area (Å²) in [5, 5.41) is 6.61. The molecule has 154 valence electrons. The molecule has 1 amide bonds. The lowest BCUT2D eigenvalue weighted by Gasteiger charge is -2.34. The van der Waals surface area contributed by atoms with Gasteiger partial charge in [-0.25, -0.2) is 4.98 Å². The number of halogens is 3. The molecule has 1 aliphatic rings. The van der Waals surface area contributed by atoms with E-state index in [4.69, 9.17) is 0 Å². The molecule has 2 aromatic rings. The first kappa shape index (κ1) is 20.3. The lowest BCUT2D eigenvalue weighted by molar-refractivity contribution is -0.144. The standard InChI is InChI=1S/C18H25F3N6O/c1-11-8-13(27-16(23-11)24-14(25-27)18(19,20)21)26-7-5-6-12(10-26)9-22-15(28)17(2,3)4/h8,12H,5-7,9-10H2,1-4H3,(H,22,28). The zero-order chi connectivity index (χ0) is 20.7. The van der Waals surface area contributed by atoms with E-state index >= 15 is 0 Å². The topological polar surface area (TPSA) is 75.4 Å². The molecule has 1 saturated heterocycles. The van der Waals surface area contributed by atoms with Gasteiger partial charge in [-0.05, 0) is 25.7 Å². The molecule has 0 aliphatic carbocycles. The van der Waals surface area contributed by atoms with Gasteiger partial charge >= 0.3 is 6.18 Å². The maximum absolute atomic E-state index is 13.0. The summed E-state index contributed by atoms with van der Waals surface area (Å²) in [5.74, 6) is -0.535. The molecule has 0 aromatic carbocycles. The Morgan fingerprint density at radius 3 is 2.64 bits per heavy atom. The van der Waals surface area contributed by atoms with Gasteiger partial charge in [-0.2, -0.15) is 22.7 Å². The van der Waals surface area contributed by atoms with Gasteiger partial charge in [-0.1, -0.05) is 20.8 Å². The number of nitrogens with zero attached hydrogens (tertiary/aromatic N) is 5. The molecule has 0 saturated carbocycles. The van der Waals surface area contributed by atoms with E-state index in [1.807, 2.05) is 25.7 Å². The van der Waals surface area contributed by atoms with Crippen LogP contribution in [0.15, 0.2) is 6.07 Å². The van der Waals surface area contributed by atoms with Crippen molar-refractivity contribution in [2.45, 2.75) is 46.7 Å². The number of fused-ring (bicyclic) bond motifs is 1. The van der Waals surface area contributed by atoms with Crippen molar-refractivity contribution in [1.82, 2.24) is 24.9 Å². The smallest absolute Gasteiger partial charge is 0.356 e. The summed E-state index contributed by atoms with van der Waals surface area (Å²) in [6.07, 6.45) is -2.81. The Balaban J connectivity index is 1.81. The predicted molar refractivity (Wildman–Crippen MR) is 97.9 cm³/mol. The first-order valence-electron chi connectivity index (χ1n) is 9.30. The second-order valence-corrected chi connectivity index (χ2v) is 8.31. The summed E-state index contributed by atoms with van der Waals surface area (Å²) in [6.45, 7) is 9.13. The van der Waals surface area contributed by atoms with Crippen LogP contribution >= 0.6 is 0 Å². The van der Waals surface area contributed by atoms with E-state index in [0.717, 1.165) is 17.4 Å². The van der Waals surface area contributed by atoms with Crippen LogP contribution in [-0.2, 0) is 11.0 Å². The van der Waals surface area contributed by atoms with Crippen molar-refractivity contribution in [3.63, 3.8) is 0 Å². The molecular formula is C18H25F3N6O. The molecule has 1 aliphatic heterocycles. The van der Waals surface area contributed by atoms with E-state index in [0.29, 0.717) is 31.1 Å². The van der Waals surface area contributed by atoms with Crippen molar-refractivity contribution < 1.29 is 18.0 Å². The molecule has 3 rings (SSSR count). The summed E-state index contributed by atoms with van der Waals surface area (Å²) in [4.78, 5) is 21.7. The molecule has 1 atom stereocenters. The van der Waals surface area contributed by atoms with Crippen molar-refractivity contribution >= 4 is 17.5 Å². The number of piperidine rings is 1. The molecule has 10 heteroatoms. The minimum atomic E-state index is -4.62. The van der Waals surface area contributed by atoms with Crippen molar-refractivity contribution in [2.75, 3.05) is 24.5 Å². The molecule has 1 N–H and O–H groups in total. The third-order valence-electron chi connectivity index (χ3n) is 4.75. The number of rotatable bonds is 3. The summed E-state index contributed by atoms with van der Waals surface area (Å²) in [7, 11) is 0. The van der Waals surface area contributed by atoms with Crippen LogP contribution < -0.4 is 10.2 Å². The number of aromatic nitrogens is 4. The van der Waals surface area contributed by atoms with Crippen LogP contribution in [0.4, 0.5) is 19.0 Å². The lowest BCUT2D eigenvalue weighted by Crippen LogP contribution is -2.44. The Kier molecular flexibility index (Phi) is 5.24. The van der Waals surface area contributed by atoms with E-state index in [2.05, 4.69) is 20.4 Å². The fourth-order valence-electron chi connectivity index (χ4n) is 3.26. The summed E-state index contributed by atoms with van der Waals surface area (Å²) >= 11 is 0. The van der Waals surface area contributed by atoms with Crippen LogP contribution in [-0.4, -0.2) is 45.1 Å². The van der Waals surface area contributed by atoms with Crippen molar-refractivity contribution in [3.8, 4) is 0 Å². The highest BCUT2D eigenvalue weighted by molar-refractivity contribution is 5.81. The fourth-order valence-corrected chi connectivity index (χ4v) is 3.26. The molecule has 3 heterocycles. The lowest BCUT2D eigenvalue weighted by atomic mass is 9.94. The molecule has 2 aromatic heterocycles. The van der Waals surface area contributed by atoms with Crippen molar-refractivity contribution in [2.24, 2.45) is 11.3 Å². The van der Waals surface area contributed by atoms with E-state index in [9.17, 15) is 18.0 Å². The number of alkyl halides is 3. The minimum Gasteiger partial charge on any atom is -0.356 e. The molecule has 0 bridgehead atoms. The maximum atomic E-state index is 13.0. The van der Waals surface area contributed by atoms with Gasteiger partial charge < -0.3 is 10.2 Å². The number of nitrogens with one attached hydrogen (secondary N) is 1. The molecule has 1 fully saturated rings. The predicted octanol–water partition coefficient (Wildman–Crippen LogP) is 2.83. The highest BCUT2D eigenvalue weighted by Crippen LogP contribution is 2.29. The van der Waals surface area contributed by atoms with Gasteiger partial charge in [-0.3, -0.25) is 4.79 Å². The van der Waals surface area contributed by atoms with Crippen molar-refractivity contribution in [1.29, 1.82) is 0 Å². The Morgan fingerprint density at radius 1 is 1.29 bits per heavy atom. The first-order valence-corrected chi connectivity index (χ1v) is 9.30. The van der Waals surface area contributed by atoms with Crippen LogP contribution in [0.3, 0.4) is 0 Å². The van der Waals surface area contributed by atoms with Crippen LogP contribution in [0.5, 0.6) is 0 Å². The van der Waals surface area contributed by atoms with Gasteiger partial charge in [0.15, 0.2) is 0 Å². The Labute approximate surface area is 161 Å². The monoisotopic (exact) mass is 398 g/mol. The molecule has 0 spiro atoms. The van der Waals surface area contributed by atoms with Gasteiger partial charge in [0.2, 0.25) is 5.91 Å². The Bertz CT molecular complexity index is 871. The van der Waals surface area contributed by atoms with Crippen LogP contribution in [0.2, 0.25) is 0 Å². The Hall–Kier alpha value is -2.39. The minimum absolute atomic E-state index is 0.0159. The molecule has 7 nitrogen and oxygen atoms in total. The van der Waals surface area contributed by atoms with Crippen LogP contribution in [0.1, 0.15) is 45.1 Å². The van der Waals surface area contributed by atoms with Gasteiger partial charge in [0.1, 0.15) is 5.82 Å². The van der Waals surface area contributed by atoms with Crippen LogP contribution in [0, 0.1) is 18.3 Å². The van der Waals surface area contributed by atoms with Gasteiger partial charge in [0.05, 0.1) is 0 Å². The molecule has 28 heavy (non-hydrogen) atoms. The van der Waals surface area contributed by atoms with E-state index in [-0.39, 0.29) is 17.6 Å². The number of hydrogen-bond donors (Lipinski definition) is 1. The Morgan fingerprint density at radius 2 is 2.00 bits per heavy atom. The van der Waals surface area contributed by atoms with Crippen LogP contribution in [0.25, 0.3) is 5.78 Å². The number of amides is 1. The second kappa shape index (κ2) is 7.21. The normalized spacial score (nSPS) is 18.5.